The van der Waals surface area contributed by atoms with E-state index in [-0.39, 0.29) is 11.9 Å². The fraction of sp³-hybridized carbons (Fsp3) is 0.714. The van der Waals surface area contributed by atoms with Gasteiger partial charge in [0.1, 0.15) is 6.04 Å². The van der Waals surface area contributed by atoms with Crippen molar-refractivity contribution in [3.8, 4) is 0 Å². The summed E-state index contributed by atoms with van der Waals surface area (Å²) in [6, 6.07) is -0.459. The zero-order chi connectivity index (χ0) is 14.3. The number of carbonyl (C=O) groups excluding carboxylic acids is 1. The second-order valence-corrected chi connectivity index (χ2v) is 5.18. The molecule has 0 aliphatic rings. The minimum Gasteiger partial charge on any atom is -0.352 e. The third-order valence-electron chi connectivity index (χ3n) is 3.25. The summed E-state index contributed by atoms with van der Waals surface area (Å²) in [5, 5.41) is 6.99. The van der Waals surface area contributed by atoms with Crippen molar-refractivity contribution in [3.63, 3.8) is 0 Å². The van der Waals surface area contributed by atoms with Gasteiger partial charge in [0.05, 0.1) is 6.20 Å². The van der Waals surface area contributed by atoms with Gasteiger partial charge in [-0.2, -0.15) is 5.10 Å². The molecule has 0 aliphatic carbocycles. The van der Waals surface area contributed by atoms with Crippen LogP contribution in [0.1, 0.15) is 57.6 Å². The third-order valence-corrected chi connectivity index (χ3v) is 3.25. The van der Waals surface area contributed by atoms with E-state index in [0.717, 1.165) is 18.4 Å². The molecule has 0 aromatic carbocycles. The second-order valence-electron chi connectivity index (χ2n) is 5.18. The Hall–Kier alpha value is -1.36. The summed E-state index contributed by atoms with van der Waals surface area (Å²) in [4.78, 5) is 12.0. The van der Waals surface area contributed by atoms with Gasteiger partial charge < -0.3 is 11.1 Å². The van der Waals surface area contributed by atoms with Crippen LogP contribution in [0.2, 0.25) is 0 Å². The summed E-state index contributed by atoms with van der Waals surface area (Å²) < 4.78 is 1.65. The Balaban J connectivity index is 2.33. The monoisotopic (exact) mass is 266 g/mol. The molecule has 0 aliphatic heterocycles. The molecule has 0 bridgehead atoms. The van der Waals surface area contributed by atoms with Gasteiger partial charge in [-0.25, -0.2) is 0 Å². The fourth-order valence-corrected chi connectivity index (χ4v) is 2.03. The number of nitrogens with one attached hydrogen (secondary N) is 1. The predicted octanol–water partition coefficient (Wildman–Crippen LogP) is 1.89. The second kappa shape index (κ2) is 7.94. The molecule has 0 saturated heterocycles. The van der Waals surface area contributed by atoms with Gasteiger partial charge in [-0.15, -0.1) is 0 Å². The molecule has 1 aromatic rings. The van der Waals surface area contributed by atoms with Crippen LogP contribution in [0.5, 0.6) is 0 Å². The van der Waals surface area contributed by atoms with Gasteiger partial charge in [-0.05, 0) is 13.3 Å². The number of aromatic nitrogens is 2. The predicted molar refractivity (Wildman–Crippen MR) is 76.5 cm³/mol. The third kappa shape index (κ3) is 5.42. The van der Waals surface area contributed by atoms with Crippen molar-refractivity contribution < 1.29 is 4.79 Å². The lowest BCUT2D eigenvalue weighted by molar-refractivity contribution is -0.123. The fourth-order valence-electron chi connectivity index (χ4n) is 2.03. The molecule has 1 heterocycles. The zero-order valence-corrected chi connectivity index (χ0v) is 12.2. The van der Waals surface area contributed by atoms with E-state index in [9.17, 15) is 4.79 Å². The number of nitrogens with two attached hydrogens (primary N) is 1. The Labute approximate surface area is 115 Å². The van der Waals surface area contributed by atoms with E-state index in [1.165, 1.54) is 19.3 Å². The summed E-state index contributed by atoms with van der Waals surface area (Å²) >= 11 is 0. The molecule has 2 unspecified atom stereocenters. The van der Waals surface area contributed by atoms with Gasteiger partial charge in [0, 0.05) is 24.8 Å². The van der Waals surface area contributed by atoms with E-state index in [1.54, 1.807) is 17.1 Å². The van der Waals surface area contributed by atoms with Crippen molar-refractivity contribution in [2.45, 2.75) is 58.0 Å². The van der Waals surface area contributed by atoms with Crippen molar-refractivity contribution in [1.29, 1.82) is 0 Å². The normalized spacial score (nSPS) is 14.1. The number of hydrogen-bond acceptors (Lipinski definition) is 3. The molecule has 0 radical (unpaired) electrons. The SMILES string of the molecule is CCCCCCC(C)NC(=O)C(N)c1cnn(C)c1. The van der Waals surface area contributed by atoms with Crippen LogP contribution < -0.4 is 11.1 Å². The Kier molecular flexibility index (Phi) is 6.56. The molecule has 2 atom stereocenters. The highest BCUT2D eigenvalue weighted by atomic mass is 16.2. The van der Waals surface area contributed by atoms with Crippen LogP contribution in [-0.4, -0.2) is 21.7 Å². The molecule has 0 spiro atoms. The smallest absolute Gasteiger partial charge is 0.241 e. The lowest BCUT2D eigenvalue weighted by atomic mass is 10.1. The molecule has 0 fully saturated rings. The first kappa shape index (κ1) is 15.7. The molecule has 19 heavy (non-hydrogen) atoms. The Morgan fingerprint density at radius 3 is 2.79 bits per heavy atom. The van der Waals surface area contributed by atoms with E-state index in [0.29, 0.717) is 0 Å². The van der Waals surface area contributed by atoms with Gasteiger partial charge >= 0.3 is 0 Å². The summed E-state index contributed by atoms with van der Waals surface area (Å²) in [7, 11) is 1.81. The molecular formula is C14H26N4O. The maximum absolute atomic E-state index is 12.0. The zero-order valence-electron chi connectivity index (χ0n) is 12.2. The molecule has 1 rings (SSSR count). The van der Waals surface area contributed by atoms with Crippen molar-refractivity contribution >= 4 is 5.91 Å². The molecule has 1 amide bonds. The van der Waals surface area contributed by atoms with E-state index in [4.69, 9.17) is 5.73 Å². The highest BCUT2D eigenvalue weighted by Gasteiger charge is 2.18. The average Bonchev–Trinajstić information content (AvgIpc) is 2.80. The number of hydrogen-bond donors (Lipinski definition) is 2. The van der Waals surface area contributed by atoms with Crippen molar-refractivity contribution in [1.82, 2.24) is 15.1 Å². The molecular weight excluding hydrogens is 240 g/mol. The molecule has 0 saturated carbocycles. The van der Waals surface area contributed by atoms with Gasteiger partial charge in [-0.1, -0.05) is 32.6 Å². The quantitative estimate of drug-likeness (QED) is 0.706. The summed E-state index contributed by atoms with van der Waals surface area (Å²) in [6.45, 7) is 4.22. The topological polar surface area (TPSA) is 72.9 Å². The molecule has 5 nitrogen and oxygen atoms in total. The van der Waals surface area contributed by atoms with Crippen LogP contribution in [0.4, 0.5) is 0 Å². The van der Waals surface area contributed by atoms with Crippen LogP contribution in [0, 0.1) is 0 Å². The van der Waals surface area contributed by atoms with Crippen LogP contribution >= 0.6 is 0 Å². The van der Waals surface area contributed by atoms with Gasteiger partial charge in [0.2, 0.25) is 5.91 Å². The molecule has 3 N–H and O–H groups in total. The summed E-state index contributed by atoms with van der Waals surface area (Å²) in [5.74, 6) is -0.129. The van der Waals surface area contributed by atoms with Gasteiger partial charge in [-0.3, -0.25) is 9.48 Å². The summed E-state index contributed by atoms with van der Waals surface area (Å²) in [5.41, 5.74) is 6.66. The first-order chi connectivity index (χ1) is 9.04. The first-order valence-corrected chi connectivity index (χ1v) is 7.09. The van der Waals surface area contributed by atoms with Crippen LogP contribution in [0.25, 0.3) is 0 Å². The molecule has 108 valence electrons. The van der Waals surface area contributed by atoms with E-state index < -0.39 is 6.04 Å². The van der Waals surface area contributed by atoms with Gasteiger partial charge in [0.25, 0.3) is 0 Å². The minimum absolute atomic E-state index is 0.129. The number of carbonyl (C=O) groups is 1. The maximum Gasteiger partial charge on any atom is 0.241 e. The van der Waals surface area contributed by atoms with E-state index in [1.807, 2.05) is 14.0 Å². The van der Waals surface area contributed by atoms with Crippen molar-refractivity contribution in [2.24, 2.45) is 12.8 Å². The largest absolute Gasteiger partial charge is 0.352 e. The number of amides is 1. The Bertz CT molecular complexity index is 389. The van der Waals surface area contributed by atoms with Crippen LogP contribution in [-0.2, 0) is 11.8 Å². The Morgan fingerprint density at radius 2 is 2.21 bits per heavy atom. The highest BCUT2D eigenvalue weighted by Crippen LogP contribution is 2.10. The highest BCUT2D eigenvalue weighted by molar-refractivity contribution is 5.82. The van der Waals surface area contributed by atoms with E-state index in [2.05, 4.69) is 17.3 Å². The molecule has 1 aromatic heterocycles. The summed E-state index contributed by atoms with van der Waals surface area (Å²) in [6.07, 6.45) is 9.28. The number of nitrogens with zero attached hydrogens (tertiary/aromatic N) is 2. The van der Waals surface area contributed by atoms with Crippen molar-refractivity contribution in [3.05, 3.63) is 18.0 Å². The average molecular weight is 266 g/mol. The van der Waals surface area contributed by atoms with E-state index >= 15 is 0 Å². The minimum atomic E-state index is -0.633. The number of unbranched alkanes of at least 4 members (excludes halogenated alkanes) is 3. The number of aryl methyl sites for hydroxylation is 1. The number of rotatable bonds is 8. The first-order valence-electron chi connectivity index (χ1n) is 7.09. The van der Waals surface area contributed by atoms with Crippen molar-refractivity contribution in [2.75, 3.05) is 0 Å². The van der Waals surface area contributed by atoms with Crippen LogP contribution in [0.15, 0.2) is 12.4 Å². The standard InChI is InChI=1S/C14H26N4O/c1-4-5-6-7-8-11(2)17-14(19)13(15)12-9-16-18(3)10-12/h9-11,13H,4-8,15H2,1-3H3,(H,17,19). The van der Waals surface area contributed by atoms with Gasteiger partial charge in [0.15, 0.2) is 0 Å². The lowest BCUT2D eigenvalue weighted by Crippen LogP contribution is -2.39. The van der Waals surface area contributed by atoms with Crippen LogP contribution in [0.3, 0.4) is 0 Å². The Morgan fingerprint density at radius 1 is 1.47 bits per heavy atom. The lowest BCUT2D eigenvalue weighted by Gasteiger charge is -2.16. The molecule has 5 heteroatoms. The maximum atomic E-state index is 12.0.